The highest BCUT2D eigenvalue weighted by atomic mass is 14.7. The Labute approximate surface area is 503 Å². The topological polar surface area (TPSA) is 38.7 Å². The van der Waals surface area contributed by atoms with Gasteiger partial charge in [-0.3, -0.25) is 15.0 Å². The minimum absolute atomic E-state index is 0.0149. The number of pyridine rings is 3. The van der Waals surface area contributed by atoms with E-state index < -0.39 is 0 Å². The molecule has 3 heterocycles. The lowest BCUT2D eigenvalue weighted by molar-refractivity contribution is 0.589. The summed E-state index contributed by atoms with van der Waals surface area (Å²) in [6.07, 6.45) is 5.84. The lowest BCUT2D eigenvalue weighted by atomic mass is 9.80. The van der Waals surface area contributed by atoms with Gasteiger partial charge in [-0.05, 0) is 187 Å². The minimum Gasteiger partial charge on any atom is -0.256 e. The maximum absolute atomic E-state index is 4.86. The van der Waals surface area contributed by atoms with Crippen LogP contribution in [0, 0.1) is 0 Å². The Morgan fingerprint density at radius 3 is 0.595 bits per heavy atom. The smallest absolute Gasteiger partial charge is 0.0704 e. The van der Waals surface area contributed by atoms with Crippen molar-refractivity contribution in [1.29, 1.82) is 0 Å². The first-order chi connectivity index (χ1) is 39.4. The molecule has 0 N–H and O–H groups in total. The van der Waals surface area contributed by atoms with Crippen LogP contribution in [0.5, 0.6) is 0 Å². The second kappa shape index (κ2) is 22.2. The lowest BCUT2D eigenvalue weighted by Gasteiger charge is -2.24. The summed E-state index contributed by atoms with van der Waals surface area (Å²) in [6, 6.07) is 69.1. The van der Waals surface area contributed by atoms with Crippen molar-refractivity contribution in [3.05, 3.63) is 234 Å². The molecule has 0 unspecified atom stereocenters. The summed E-state index contributed by atoms with van der Waals surface area (Å²) in [7, 11) is 0. The summed E-state index contributed by atoms with van der Waals surface area (Å²) in [5.74, 6) is 0. The number of rotatable bonds is 9. The van der Waals surface area contributed by atoms with Gasteiger partial charge in [-0.25, -0.2) is 0 Å². The molecule has 3 nitrogen and oxygen atoms in total. The largest absolute Gasteiger partial charge is 0.256 e. The van der Waals surface area contributed by atoms with Crippen LogP contribution in [0.3, 0.4) is 0 Å². The van der Waals surface area contributed by atoms with Crippen molar-refractivity contribution in [2.24, 2.45) is 0 Å². The molecular formula is C81H87N3. The minimum atomic E-state index is -0.0764. The van der Waals surface area contributed by atoms with E-state index >= 15 is 0 Å². The molecule has 10 rings (SSSR count). The maximum atomic E-state index is 4.86. The molecule has 3 heteroatoms. The number of hydrogen-bond donors (Lipinski definition) is 0. The van der Waals surface area contributed by atoms with Crippen LogP contribution in [0.1, 0.15) is 158 Å². The molecule has 10 aromatic rings. The van der Waals surface area contributed by atoms with Gasteiger partial charge >= 0.3 is 0 Å². The third-order valence-electron chi connectivity index (χ3n) is 16.9. The first kappa shape index (κ1) is 59.2. The van der Waals surface area contributed by atoms with Crippen LogP contribution in [0.4, 0.5) is 0 Å². The molecule has 3 aromatic heterocycles. The highest BCUT2D eigenvalue weighted by Gasteiger charge is 2.25. The van der Waals surface area contributed by atoms with Crippen LogP contribution in [-0.4, -0.2) is 15.0 Å². The Bertz CT molecular complexity index is 3590. The number of nitrogens with zero attached hydrogens (tertiary/aromatic N) is 3. The van der Waals surface area contributed by atoms with Gasteiger partial charge in [0.15, 0.2) is 0 Å². The van der Waals surface area contributed by atoms with Gasteiger partial charge < -0.3 is 0 Å². The van der Waals surface area contributed by atoms with Crippen molar-refractivity contribution in [3.8, 4) is 101 Å². The van der Waals surface area contributed by atoms with E-state index in [1.807, 2.05) is 18.6 Å². The fourth-order valence-corrected chi connectivity index (χ4v) is 11.2. The third kappa shape index (κ3) is 12.9. The molecule has 0 amide bonds. The van der Waals surface area contributed by atoms with E-state index in [0.29, 0.717) is 0 Å². The van der Waals surface area contributed by atoms with Crippen LogP contribution in [0.15, 0.2) is 201 Å². The van der Waals surface area contributed by atoms with Crippen molar-refractivity contribution >= 4 is 0 Å². The van der Waals surface area contributed by atoms with E-state index in [1.54, 1.807) is 0 Å². The number of hydrogen-bond acceptors (Lipinski definition) is 3. The van der Waals surface area contributed by atoms with Crippen molar-refractivity contribution in [2.45, 2.75) is 157 Å². The fraction of sp³-hybridized carbons (Fsp3) is 0.296. The zero-order chi connectivity index (χ0) is 60.3. The normalized spacial score (nSPS) is 12.6. The highest BCUT2D eigenvalue weighted by Crippen LogP contribution is 2.46. The number of aromatic nitrogens is 3. The summed E-state index contributed by atoms with van der Waals surface area (Å²) in [5.41, 5.74) is 27.8. The fourth-order valence-electron chi connectivity index (χ4n) is 11.2. The van der Waals surface area contributed by atoms with E-state index in [2.05, 4.69) is 307 Å². The second-order valence-electron chi connectivity index (χ2n) is 29.6. The summed E-state index contributed by atoms with van der Waals surface area (Å²) in [6.45, 7) is 41.1. The number of benzene rings is 7. The molecular weight excluding hydrogens is 1010 g/mol. The van der Waals surface area contributed by atoms with Crippen molar-refractivity contribution in [1.82, 2.24) is 15.0 Å². The molecule has 0 saturated carbocycles. The second-order valence-corrected chi connectivity index (χ2v) is 29.6. The summed E-state index contributed by atoms with van der Waals surface area (Å²) >= 11 is 0. The van der Waals surface area contributed by atoms with Gasteiger partial charge in [0, 0.05) is 35.3 Å². The first-order valence-electron chi connectivity index (χ1n) is 30.2. The van der Waals surface area contributed by atoms with Crippen LogP contribution >= 0.6 is 0 Å². The monoisotopic (exact) mass is 1100 g/mol. The summed E-state index contributed by atoms with van der Waals surface area (Å²) in [4.78, 5) is 14.6. The molecule has 426 valence electrons. The van der Waals surface area contributed by atoms with Gasteiger partial charge in [0.2, 0.25) is 0 Å². The summed E-state index contributed by atoms with van der Waals surface area (Å²) < 4.78 is 0. The molecule has 0 atom stereocenters. The van der Waals surface area contributed by atoms with Crippen LogP contribution in [0.2, 0.25) is 0 Å². The van der Waals surface area contributed by atoms with E-state index in [1.165, 1.54) is 66.8 Å². The Morgan fingerprint density at radius 1 is 0.179 bits per heavy atom. The van der Waals surface area contributed by atoms with E-state index in [9.17, 15) is 0 Å². The molecule has 0 fully saturated rings. The quantitative estimate of drug-likeness (QED) is 0.145. The zero-order valence-corrected chi connectivity index (χ0v) is 53.4. The summed E-state index contributed by atoms with van der Waals surface area (Å²) in [5, 5.41) is 0. The Hall–Kier alpha value is -8.01. The van der Waals surface area contributed by atoms with Gasteiger partial charge in [0.1, 0.15) is 0 Å². The average Bonchev–Trinajstić information content (AvgIpc) is 2.50. The molecule has 0 saturated heterocycles. The van der Waals surface area contributed by atoms with E-state index in [-0.39, 0.29) is 32.5 Å². The van der Waals surface area contributed by atoms with Crippen LogP contribution < -0.4 is 0 Å². The maximum Gasteiger partial charge on any atom is 0.0704 e. The molecule has 0 aliphatic rings. The lowest BCUT2D eigenvalue weighted by Crippen LogP contribution is -2.11. The van der Waals surface area contributed by atoms with Crippen LogP contribution in [-0.2, 0) is 32.5 Å². The Balaban J connectivity index is 1.20. The van der Waals surface area contributed by atoms with E-state index in [4.69, 9.17) is 15.0 Å². The molecule has 0 spiro atoms. The molecule has 84 heavy (non-hydrogen) atoms. The van der Waals surface area contributed by atoms with Gasteiger partial charge in [-0.1, -0.05) is 252 Å². The Morgan fingerprint density at radius 2 is 0.381 bits per heavy atom. The first-order valence-corrected chi connectivity index (χ1v) is 30.2. The molecule has 0 aliphatic carbocycles. The molecule has 0 aliphatic heterocycles. The van der Waals surface area contributed by atoms with Crippen molar-refractivity contribution in [3.63, 3.8) is 0 Å². The van der Waals surface area contributed by atoms with Gasteiger partial charge in [0.05, 0.1) is 17.1 Å². The van der Waals surface area contributed by atoms with Crippen molar-refractivity contribution < 1.29 is 0 Å². The standard InChI is InChI=1S/C81H87N3/c1-76(2,3)61-31-34-67(70(46-61)52-19-25-55(26-20-52)73-49-64(37-40-82-73)79(10,11)12)58-43-59(68-35-32-62(77(4,5)6)47-71(68)53-21-27-56(28-22-53)74-50-65(38-41-83-74)80(13,14)15)45-60(44-58)69-36-33-63(78(7,8)9)48-72(69)54-23-29-57(30-24-54)75-51-66(39-42-84-75)81(16,17)18/h19-51H,1-18H3. The third-order valence-corrected chi connectivity index (χ3v) is 16.9. The molecule has 0 radical (unpaired) electrons. The highest BCUT2D eigenvalue weighted by molar-refractivity contribution is 5.95. The van der Waals surface area contributed by atoms with E-state index in [0.717, 1.165) is 67.2 Å². The predicted molar refractivity (Wildman–Crippen MR) is 361 cm³/mol. The van der Waals surface area contributed by atoms with Gasteiger partial charge in [-0.2, -0.15) is 0 Å². The molecule has 0 bridgehead atoms. The predicted octanol–water partition coefficient (Wildman–Crippen LogP) is 22.7. The Kier molecular flexibility index (Phi) is 15.6. The zero-order valence-electron chi connectivity index (χ0n) is 53.4. The SMILES string of the molecule is CC(C)(C)c1ccnc(-c2ccc(-c3cc(C(C)(C)C)ccc3-c3cc(-c4ccc(C(C)(C)C)cc4-c4ccc(-c5cc(C(C)(C)C)ccn5)cc4)cc(-c4ccc(C(C)(C)C)cc4-c4ccc(-c5cc(C(C)(C)C)ccn5)cc4)c3)cc2)c1. The molecule has 7 aromatic carbocycles. The van der Waals surface area contributed by atoms with Gasteiger partial charge in [0.25, 0.3) is 0 Å². The van der Waals surface area contributed by atoms with Crippen molar-refractivity contribution in [2.75, 3.05) is 0 Å². The van der Waals surface area contributed by atoms with Crippen LogP contribution in [0.25, 0.3) is 101 Å². The van der Waals surface area contributed by atoms with Gasteiger partial charge in [-0.15, -0.1) is 0 Å². The average molecular weight is 1100 g/mol.